The van der Waals surface area contributed by atoms with Crippen LogP contribution >= 0.6 is 0 Å². The molecule has 0 bridgehead atoms. The minimum atomic E-state index is 0.663. The largest absolute Gasteiger partial charge is 0.353 e. The number of aromatic nitrogens is 4. The lowest BCUT2D eigenvalue weighted by molar-refractivity contribution is 0.0961. The van der Waals surface area contributed by atoms with Crippen LogP contribution in [0.15, 0.2) is 6.20 Å². The van der Waals surface area contributed by atoms with Gasteiger partial charge in [0.1, 0.15) is 11.6 Å². The average molecular weight is 301 g/mol. The molecule has 4 rings (SSSR count). The molecule has 2 aromatic rings. The fourth-order valence-electron chi connectivity index (χ4n) is 3.40. The van der Waals surface area contributed by atoms with Crippen molar-refractivity contribution < 1.29 is 0 Å². The third kappa shape index (κ3) is 2.24. The number of likely N-dealkylation sites (N-methyl/N-ethyl adjacent to an activating group) is 1. The van der Waals surface area contributed by atoms with Gasteiger partial charge in [0.05, 0.1) is 11.6 Å². The highest BCUT2D eigenvalue weighted by Gasteiger charge is 2.34. The van der Waals surface area contributed by atoms with Crippen molar-refractivity contribution >= 4 is 16.9 Å². The van der Waals surface area contributed by atoms with E-state index in [0.717, 1.165) is 35.8 Å². The molecule has 0 radical (unpaired) electrons. The summed E-state index contributed by atoms with van der Waals surface area (Å²) in [4.78, 5) is 16.5. The van der Waals surface area contributed by atoms with Crippen LogP contribution in [0, 0.1) is 6.92 Å². The highest BCUT2D eigenvalue weighted by Crippen LogP contribution is 2.28. The summed E-state index contributed by atoms with van der Waals surface area (Å²) in [6.45, 7) is 8.79. The van der Waals surface area contributed by atoms with E-state index < -0.39 is 0 Å². The second kappa shape index (κ2) is 5.17. The van der Waals surface area contributed by atoms with Crippen molar-refractivity contribution in [1.29, 1.82) is 0 Å². The number of piperazine rings is 1. The summed E-state index contributed by atoms with van der Waals surface area (Å²) >= 11 is 0. The van der Waals surface area contributed by atoms with Gasteiger partial charge < -0.3 is 9.80 Å². The maximum Gasteiger partial charge on any atom is 0.163 e. The Morgan fingerprint density at radius 3 is 2.50 bits per heavy atom. The zero-order chi connectivity index (χ0) is 15.3. The molecule has 2 aliphatic heterocycles. The highest BCUT2D eigenvalue weighted by molar-refractivity contribution is 5.87. The molecule has 2 saturated heterocycles. The van der Waals surface area contributed by atoms with Crippen LogP contribution in [0.3, 0.4) is 0 Å². The quantitative estimate of drug-likeness (QED) is 0.785. The molecule has 2 fully saturated rings. The van der Waals surface area contributed by atoms with Gasteiger partial charge in [-0.2, -0.15) is 5.10 Å². The second-order valence-corrected chi connectivity index (χ2v) is 6.50. The van der Waals surface area contributed by atoms with Gasteiger partial charge in [-0.1, -0.05) is 0 Å². The van der Waals surface area contributed by atoms with Crippen LogP contribution in [0.4, 0.5) is 5.82 Å². The zero-order valence-electron chi connectivity index (χ0n) is 13.5. The van der Waals surface area contributed by atoms with Crippen molar-refractivity contribution in [2.45, 2.75) is 13.0 Å². The van der Waals surface area contributed by atoms with E-state index in [-0.39, 0.29) is 0 Å². The third-order valence-electron chi connectivity index (χ3n) is 4.90. The van der Waals surface area contributed by atoms with E-state index >= 15 is 0 Å². The van der Waals surface area contributed by atoms with E-state index in [9.17, 15) is 0 Å². The lowest BCUT2D eigenvalue weighted by Gasteiger charge is -2.48. The summed E-state index contributed by atoms with van der Waals surface area (Å²) in [7, 11) is 4.13. The molecule has 22 heavy (non-hydrogen) atoms. The van der Waals surface area contributed by atoms with Crippen molar-refractivity contribution in [2.24, 2.45) is 7.05 Å². The van der Waals surface area contributed by atoms with Crippen LogP contribution in [-0.2, 0) is 7.05 Å². The van der Waals surface area contributed by atoms with Crippen molar-refractivity contribution in [3.63, 3.8) is 0 Å². The lowest BCUT2D eigenvalue weighted by atomic mass is 10.1. The van der Waals surface area contributed by atoms with Crippen LogP contribution < -0.4 is 4.90 Å². The maximum atomic E-state index is 4.66. The van der Waals surface area contributed by atoms with Gasteiger partial charge in [-0.25, -0.2) is 9.97 Å². The van der Waals surface area contributed by atoms with E-state index in [2.05, 4.69) is 36.8 Å². The number of hydrogen-bond donors (Lipinski definition) is 0. The summed E-state index contributed by atoms with van der Waals surface area (Å²) in [6, 6.07) is 0.663. The predicted octanol–water partition coefficient (Wildman–Crippen LogP) is 0.108. The van der Waals surface area contributed by atoms with Crippen LogP contribution in [0.1, 0.15) is 5.82 Å². The topological polar surface area (TPSA) is 53.3 Å². The molecule has 0 spiro atoms. The summed E-state index contributed by atoms with van der Waals surface area (Å²) < 4.78 is 1.82. The Hall–Kier alpha value is -1.73. The van der Waals surface area contributed by atoms with Gasteiger partial charge in [0.25, 0.3) is 0 Å². The Balaban J connectivity index is 1.51. The van der Waals surface area contributed by atoms with Crippen LogP contribution in [0.25, 0.3) is 11.0 Å². The first-order chi connectivity index (χ1) is 10.6. The Kier molecular flexibility index (Phi) is 3.27. The van der Waals surface area contributed by atoms with Gasteiger partial charge in [-0.05, 0) is 14.0 Å². The minimum Gasteiger partial charge on any atom is -0.353 e. The van der Waals surface area contributed by atoms with Gasteiger partial charge >= 0.3 is 0 Å². The standard InChI is InChI=1S/C15H23N7/c1-11-17-14-13(8-16-20(14)3)15(18-11)22-9-12(10-22)21-6-4-19(2)5-7-21/h8,12H,4-7,9-10H2,1-3H3. The Bertz CT molecular complexity index is 681. The summed E-state index contributed by atoms with van der Waals surface area (Å²) in [5.41, 5.74) is 0.922. The van der Waals surface area contributed by atoms with Crippen LogP contribution in [0.2, 0.25) is 0 Å². The molecular weight excluding hydrogens is 278 g/mol. The number of hydrogen-bond acceptors (Lipinski definition) is 6. The first-order valence-electron chi connectivity index (χ1n) is 7.96. The Morgan fingerprint density at radius 2 is 1.77 bits per heavy atom. The van der Waals surface area contributed by atoms with Crippen molar-refractivity contribution in [1.82, 2.24) is 29.5 Å². The summed E-state index contributed by atoms with van der Waals surface area (Å²) in [5, 5.41) is 5.39. The molecule has 0 N–H and O–H groups in total. The number of nitrogens with zero attached hydrogens (tertiary/aromatic N) is 7. The number of rotatable bonds is 2. The SMILES string of the molecule is Cc1nc(N2CC(N3CCN(C)CC3)C2)c2cnn(C)c2n1. The molecule has 0 aromatic carbocycles. The molecule has 0 unspecified atom stereocenters. The van der Waals surface area contributed by atoms with Gasteiger partial charge in [0.15, 0.2) is 5.65 Å². The maximum absolute atomic E-state index is 4.66. The van der Waals surface area contributed by atoms with E-state index in [1.807, 2.05) is 24.9 Å². The molecule has 0 atom stereocenters. The molecule has 2 aliphatic rings. The fourth-order valence-corrected chi connectivity index (χ4v) is 3.40. The van der Waals surface area contributed by atoms with Gasteiger partial charge in [0.2, 0.25) is 0 Å². The molecule has 118 valence electrons. The minimum absolute atomic E-state index is 0.663. The zero-order valence-corrected chi connectivity index (χ0v) is 13.5. The Morgan fingerprint density at radius 1 is 1.05 bits per heavy atom. The summed E-state index contributed by atoms with van der Waals surface area (Å²) in [6.07, 6.45) is 1.88. The number of anilines is 1. The second-order valence-electron chi connectivity index (χ2n) is 6.50. The molecule has 7 nitrogen and oxygen atoms in total. The molecule has 4 heterocycles. The van der Waals surface area contributed by atoms with Gasteiger partial charge in [-0.3, -0.25) is 9.58 Å². The van der Waals surface area contributed by atoms with Gasteiger partial charge in [-0.15, -0.1) is 0 Å². The van der Waals surface area contributed by atoms with E-state index in [1.54, 1.807) is 0 Å². The van der Waals surface area contributed by atoms with Crippen molar-refractivity contribution in [2.75, 3.05) is 51.2 Å². The molecule has 7 heteroatoms. The third-order valence-corrected chi connectivity index (χ3v) is 4.90. The molecule has 0 aliphatic carbocycles. The van der Waals surface area contributed by atoms with Gasteiger partial charge in [0, 0.05) is 52.4 Å². The van der Waals surface area contributed by atoms with Crippen LogP contribution in [-0.4, -0.2) is 81.9 Å². The first-order valence-corrected chi connectivity index (χ1v) is 7.96. The van der Waals surface area contributed by atoms with Crippen molar-refractivity contribution in [3.05, 3.63) is 12.0 Å². The van der Waals surface area contributed by atoms with E-state index in [1.165, 1.54) is 26.2 Å². The summed E-state index contributed by atoms with van der Waals surface area (Å²) in [5.74, 6) is 1.86. The highest BCUT2D eigenvalue weighted by atomic mass is 15.4. The molecule has 0 amide bonds. The van der Waals surface area contributed by atoms with E-state index in [0.29, 0.717) is 6.04 Å². The van der Waals surface area contributed by atoms with Crippen molar-refractivity contribution in [3.8, 4) is 0 Å². The monoisotopic (exact) mass is 301 g/mol. The average Bonchev–Trinajstić information content (AvgIpc) is 2.81. The number of fused-ring (bicyclic) bond motifs is 1. The Labute approximate surface area is 130 Å². The predicted molar refractivity (Wildman–Crippen MR) is 86.1 cm³/mol. The van der Waals surface area contributed by atoms with E-state index in [4.69, 9.17) is 0 Å². The smallest absolute Gasteiger partial charge is 0.163 e. The molecular formula is C15H23N7. The number of aryl methyl sites for hydroxylation is 2. The first kappa shape index (κ1) is 13.9. The normalized spacial score (nSPS) is 21.5. The molecule has 2 aromatic heterocycles. The fraction of sp³-hybridized carbons (Fsp3) is 0.667. The van der Waals surface area contributed by atoms with Crippen LogP contribution in [0.5, 0.6) is 0 Å². The lowest BCUT2D eigenvalue weighted by Crippen LogP contribution is -2.63. The molecule has 0 saturated carbocycles.